The molecule has 1 nitrogen and oxygen atoms in total. The Labute approximate surface area is 121 Å². The van der Waals surface area contributed by atoms with Crippen molar-refractivity contribution in [3.05, 3.63) is 50.6 Å². The third kappa shape index (κ3) is 2.62. The second kappa shape index (κ2) is 5.45. The Hall–Kier alpha value is -0.800. The number of rotatable bonds is 2. The molecule has 0 saturated carbocycles. The van der Waals surface area contributed by atoms with Gasteiger partial charge in [-0.15, -0.1) is 11.3 Å². The summed E-state index contributed by atoms with van der Waals surface area (Å²) in [4.78, 5) is 3.96. The van der Waals surface area contributed by atoms with Gasteiger partial charge < -0.3 is 4.90 Å². The summed E-state index contributed by atoms with van der Waals surface area (Å²) in [7, 11) is 0. The van der Waals surface area contributed by atoms with E-state index in [-0.39, 0.29) is 0 Å². The van der Waals surface area contributed by atoms with Crippen LogP contribution in [0.4, 0.5) is 5.69 Å². The molecular formula is C15H16BrNS. The average molecular weight is 322 g/mol. The first-order chi connectivity index (χ1) is 8.83. The Morgan fingerprint density at radius 2 is 2.11 bits per heavy atom. The molecule has 1 aromatic carbocycles. The van der Waals surface area contributed by atoms with Gasteiger partial charge in [-0.25, -0.2) is 0 Å². The van der Waals surface area contributed by atoms with Gasteiger partial charge in [-0.1, -0.05) is 18.2 Å². The van der Waals surface area contributed by atoms with Gasteiger partial charge >= 0.3 is 0 Å². The van der Waals surface area contributed by atoms with Crippen LogP contribution in [0.2, 0.25) is 0 Å². The molecule has 0 saturated heterocycles. The van der Waals surface area contributed by atoms with Crippen LogP contribution in [0.15, 0.2) is 40.2 Å². The van der Waals surface area contributed by atoms with Crippen LogP contribution in [0.1, 0.15) is 23.3 Å². The number of halogens is 1. The van der Waals surface area contributed by atoms with E-state index < -0.39 is 0 Å². The predicted octanol–water partition coefficient (Wildman–Crippen LogP) is 4.85. The minimum atomic E-state index is 1.03. The van der Waals surface area contributed by atoms with Gasteiger partial charge in [-0.2, -0.15) is 0 Å². The average Bonchev–Trinajstić information content (AvgIpc) is 2.68. The molecule has 94 valence electrons. The maximum Gasteiger partial charge on any atom is 0.0523 e. The third-order valence-corrected chi connectivity index (χ3v) is 5.11. The largest absolute Gasteiger partial charge is 0.366 e. The maximum atomic E-state index is 3.54. The molecule has 3 rings (SSSR count). The number of anilines is 1. The summed E-state index contributed by atoms with van der Waals surface area (Å²) < 4.78 is 1.20. The van der Waals surface area contributed by atoms with Crippen LogP contribution in [0.5, 0.6) is 0 Å². The standard InChI is InChI=1S/C15H16BrNS/c16-13-9-14(18-11-13)10-17-8-4-3-6-12-5-1-2-7-15(12)17/h1-2,5,7,9,11H,3-4,6,8,10H2. The van der Waals surface area contributed by atoms with Gasteiger partial charge in [-0.3, -0.25) is 0 Å². The summed E-state index contributed by atoms with van der Waals surface area (Å²) in [6.45, 7) is 2.21. The SMILES string of the molecule is Brc1csc(CN2CCCCc3ccccc32)c1. The molecule has 18 heavy (non-hydrogen) atoms. The fraction of sp³-hybridized carbons (Fsp3) is 0.333. The molecule has 0 amide bonds. The van der Waals surface area contributed by atoms with Crippen LogP contribution < -0.4 is 4.90 Å². The van der Waals surface area contributed by atoms with E-state index in [9.17, 15) is 0 Å². The van der Waals surface area contributed by atoms with Crippen LogP contribution in [-0.2, 0) is 13.0 Å². The molecule has 0 bridgehead atoms. The molecule has 0 unspecified atom stereocenters. The molecule has 3 heteroatoms. The number of aryl methyl sites for hydroxylation is 1. The number of para-hydroxylation sites is 1. The zero-order valence-corrected chi connectivity index (χ0v) is 12.6. The Morgan fingerprint density at radius 1 is 1.22 bits per heavy atom. The smallest absolute Gasteiger partial charge is 0.0523 e. The van der Waals surface area contributed by atoms with Crippen molar-refractivity contribution in [2.45, 2.75) is 25.8 Å². The lowest BCUT2D eigenvalue weighted by Gasteiger charge is -2.24. The van der Waals surface area contributed by atoms with Gasteiger partial charge in [0.2, 0.25) is 0 Å². The highest BCUT2D eigenvalue weighted by Crippen LogP contribution is 2.29. The molecule has 0 spiro atoms. The number of hydrogen-bond donors (Lipinski definition) is 0. The van der Waals surface area contributed by atoms with Crippen LogP contribution >= 0.6 is 27.3 Å². The van der Waals surface area contributed by atoms with Gasteiger partial charge in [0.1, 0.15) is 0 Å². The molecule has 0 fully saturated rings. The minimum Gasteiger partial charge on any atom is -0.366 e. The zero-order chi connectivity index (χ0) is 12.4. The Morgan fingerprint density at radius 3 is 2.94 bits per heavy atom. The lowest BCUT2D eigenvalue weighted by atomic mass is 10.1. The van der Waals surface area contributed by atoms with Crippen LogP contribution in [0.3, 0.4) is 0 Å². The van der Waals surface area contributed by atoms with E-state index in [1.54, 1.807) is 0 Å². The topological polar surface area (TPSA) is 3.24 Å². The molecule has 0 atom stereocenters. The van der Waals surface area contributed by atoms with Crippen LogP contribution in [0, 0.1) is 0 Å². The Balaban J connectivity index is 1.87. The molecule has 0 N–H and O–H groups in total. The lowest BCUT2D eigenvalue weighted by Crippen LogP contribution is -2.22. The van der Waals surface area contributed by atoms with Gasteiger partial charge in [-0.05, 0) is 52.9 Å². The van der Waals surface area contributed by atoms with E-state index in [0.29, 0.717) is 0 Å². The van der Waals surface area contributed by atoms with Gasteiger partial charge in [0.15, 0.2) is 0 Å². The van der Waals surface area contributed by atoms with Crippen molar-refractivity contribution in [1.82, 2.24) is 0 Å². The molecule has 2 aromatic rings. The van der Waals surface area contributed by atoms with Crippen molar-refractivity contribution in [3.8, 4) is 0 Å². The van der Waals surface area contributed by atoms with Gasteiger partial charge in [0.05, 0.1) is 6.54 Å². The number of hydrogen-bond acceptors (Lipinski definition) is 2. The highest BCUT2D eigenvalue weighted by Gasteiger charge is 2.15. The predicted molar refractivity (Wildman–Crippen MR) is 82.4 cm³/mol. The maximum absolute atomic E-state index is 3.54. The molecule has 1 aliphatic rings. The summed E-state index contributed by atoms with van der Waals surface area (Å²) in [5.41, 5.74) is 2.94. The van der Waals surface area contributed by atoms with Crippen molar-refractivity contribution in [3.63, 3.8) is 0 Å². The minimum absolute atomic E-state index is 1.03. The van der Waals surface area contributed by atoms with Crippen molar-refractivity contribution in [2.24, 2.45) is 0 Å². The first kappa shape index (κ1) is 12.2. The lowest BCUT2D eigenvalue weighted by molar-refractivity contribution is 0.717. The van der Waals surface area contributed by atoms with Crippen LogP contribution in [-0.4, -0.2) is 6.54 Å². The summed E-state index contributed by atoms with van der Waals surface area (Å²) in [5, 5.41) is 2.17. The molecule has 0 aliphatic carbocycles. The summed E-state index contributed by atoms with van der Waals surface area (Å²) >= 11 is 5.37. The van der Waals surface area contributed by atoms with E-state index >= 15 is 0 Å². The van der Waals surface area contributed by atoms with Gasteiger partial charge in [0.25, 0.3) is 0 Å². The van der Waals surface area contributed by atoms with E-state index in [2.05, 4.69) is 56.5 Å². The highest BCUT2D eigenvalue weighted by molar-refractivity contribution is 9.10. The Kier molecular flexibility index (Phi) is 3.71. The van der Waals surface area contributed by atoms with Crippen molar-refractivity contribution >= 4 is 33.0 Å². The number of benzene rings is 1. The van der Waals surface area contributed by atoms with Crippen molar-refractivity contribution in [1.29, 1.82) is 0 Å². The number of thiophene rings is 1. The molecule has 1 aromatic heterocycles. The summed E-state index contributed by atoms with van der Waals surface area (Å²) in [6.07, 6.45) is 3.82. The summed E-state index contributed by atoms with van der Waals surface area (Å²) in [6, 6.07) is 11.1. The first-order valence-electron chi connectivity index (χ1n) is 6.39. The second-order valence-electron chi connectivity index (χ2n) is 4.74. The number of fused-ring (bicyclic) bond motifs is 1. The van der Waals surface area contributed by atoms with E-state index in [1.165, 1.54) is 46.4 Å². The van der Waals surface area contributed by atoms with Crippen molar-refractivity contribution < 1.29 is 0 Å². The van der Waals surface area contributed by atoms with E-state index in [0.717, 1.165) is 6.54 Å². The van der Waals surface area contributed by atoms with E-state index in [4.69, 9.17) is 0 Å². The monoisotopic (exact) mass is 321 g/mol. The molecule has 1 aliphatic heterocycles. The fourth-order valence-electron chi connectivity index (χ4n) is 2.56. The highest BCUT2D eigenvalue weighted by atomic mass is 79.9. The zero-order valence-electron chi connectivity index (χ0n) is 10.2. The molecule has 2 heterocycles. The van der Waals surface area contributed by atoms with Gasteiger partial charge in [0, 0.05) is 27.0 Å². The summed E-state index contributed by atoms with van der Waals surface area (Å²) in [5.74, 6) is 0. The molecular weight excluding hydrogens is 306 g/mol. The van der Waals surface area contributed by atoms with Crippen LogP contribution in [0.25, 0.3) is 0 Å². The fourth-order valence-corrected chi connectivity index (χ4v) is 4.02. The third-order valence-electron chi connectivity index (χ3n) is 3.42. The quantitative estimate of drug-likeness (QED) is 0.764. The molecule has 0 radical (unpaired) electrons. The second-order valence-corrected chi connectivity index (χ2v) is 6.65. The normalized spacial score (nSPS) is 15.3. The first-order valence-corrected chi connectivity index (χ1v) is 8.06. The Bertz CT molecular complexity index is 535. The van der Waals surface area contributed by atoms with Crippen molar-refractivity contribution in [2.75, 3.05) is 11.4 Å². The number of nitrogens with zero attached hydrogens (tertiary/aromatic N) is 1. The van der Waals surface area contributed by atoms with E-state index in [1.807, 2.05) is 11.3 Å².